The molecule has 1 N–H and O–H groups in total. The van der Waals surface area contributed by atoms with E-state index in [1.54, 1.807) is 4.90 Å². The highest BCUT2D eigenvalue weighted by atomic mass is 16.5. The Balaban J connectivity index is 2.01. The summed E-state index contributed by atoms with van der Waals surface area (Å²) in [5.74, 6) is -0.343. The average molecular weight is 321 g/mol. The molecule has 1 aromatic rings. The summed E-state index contributed by atoms with van der Waals surface area (Å²) < 4.78 is 11.3. The Morgan fingerprint density at radius 3 is 2.83 bits per heavy atom. The van der Waals surface area contributed by atoms with Crippen molar-refractivity contribution in [2.45, 2.75) is 38.9 Å². The first-order valence-electron chi connectivity index (χ1n) is 7.85. The highest BCUT2D eigenvalue weighted by Gasteiger charge is 2.30. The SMILES string of the molecule is CCC(Oc1ccccc1C)C(=O)N1CCOC(CC(=O)O)C1. The molecule has 0 bridgehead atoms. The number of hydrogen-bond acceptors (Lipinski definition) is 4. The molecule has 2 rings (SSSR count). The van der Waals surface area contributed by atoms with Crippen molar-refractivity contribution in [2.24, 2.45) is 0 Å². The lowest BCUT2D eigenvalue weighted by Crippen LogP contribution is -2.50. The van der Waals surface area contributed by atoms with Gasteiger partial charge in [-0.1, -0.05) is 25.1 Å². The summed E-state index contributed by atoms with van der Waals surface area (Å²) in [5.41, 5.74) is 0.976. The lowest BCUT2D eigenvalue weighted by atomic mass is 10.1. The molecule has 126 valence electrons. The van der Waals surface area contributed by atoms with Crippen LogP contribution in [0.4, 0.5) is 0 Å². The maximum absolute atomic E-state index is 12.7. The van der Waals surface area contributed by atoms with Crippen LogP contribution in [-0.2, 0) is 14.3 Å². The first kappa shape index (κ1) is 17.3. The molecule has 1 saturated heterocycles. The molecule has 0 radical (unpaired) electrons. The Hall–Kier alpha value is -2.08. The largest absolute Gasteiger partial charge is 0.481 e. The van der Waals surface area contributed by atoms with Crippen LogP contribution < -0.4 is 4.74 Å². The number of para-hydroxylation sites is 1. The van der Waals surface area contributed by atoms with Gasteiger partial charge >= 0.3 is 5.97 Å². The molecule has 1 heterocycles. The summed E-state index contributed by atoms with van der Waals surface area (Å²) in [6, 6.07) is 7.57. The molecule has 0 saturated carbocycles. The highest BCUT2D eigenvalue weighted by molar-refractivity contribution is 5.81. The standard InChI is InChI=1S/C17H23NO5/c1-3-14(23-15-7-5-4-6-12(15)2)17(21)18-8-9-22-13(11-18)10-16(19)20/h4-7,13-14H,3,8-11H2,1-2H3,(H,19,20). The van der Waals surface area contributed by atoms with Crippen LogP contribution in [0.1, 0.15) is 25.3 Å². The molecule has 2 atom stereocenters. The molecular weight excluding hydrogens is 298 g/mol. The van der Waals surface area contributed by atoms with E-state index >= 15 is 0 Å². The fraction of sp³-hybridized carbons (Fsp3) is 0.529. The fourth-order valence-corrected chi connectivity index (χ4v) is 2.59. The Morgan fingerprint density at radius 1 is 1.43 bits per heavy atom. The smallest absolute Gasteiger partial charge is 0.306 e. The van der Waals surface area contributed by atoms with Crippen LogP contribution in [0, 0.1) is 6.92 Å². The second kappa shape index (κ2) is 7.97. The molecule has 0 aliphatic carbocycles. The number of carboxylic acids is 1. The summed E-state index contributed by atoms with van der Waals surface area (Å²) >= 11 is 0. The number of aliphatic carboxylic acids is 1. The highest BCUT2D eigenvalue weighted by Crippen LogP contribution is 2.20. The number of amides is 1. The third kappa shape index (κ3) is 4.69. The number of carbonyl (C=O) groups excluding carboxylic acids is 1. The van der Waals surface area contributed by atoms with Crippen molar-refractivity contribution in [1.82, 2.24) is 4.90 Å². The molecule has 1 aliphatic heterocycles. The van der Waals surface area contributed by atoms with E-state index in [-0.39, 0.29) is 12.3 Å². The molecular formula is C17H23NO5. The van der Waals surface area contributed by atoms with E-state index in [4.69, 9.17) is 14.6 Å². The van der Waals surface area contributed by atoms with E-state index in [1.807, 2.05) is 38.1 Å². The molecule has 6 nitrogen and oxygen atoms in total. The van der Waals surface area contributed by atoms with Gasteiger partial charge in [0, 0.05) is 13.1 Å². The molecule has 23 heavy (non-hydrogen) atoms. The Kier molecular flexibility index (Phi) is 5.98. The first-order chi connectivity index (χ1) is 11.0. The molecule has 1 amide bonds. The molecule has 1 fully saturated rings. The van der Waals surface area contributed by atoms with Crippen LogP contribution in [0.5, 0.6) is 5.75 Å². The Bertz CT molecular complexity index is 560. The summed E-state index contributed by atoms with van der Waals surface area (Å²) in [6.07, 6.45) is -0.575. The maximum atomic E-state index is 12.7. The summed E-state index contributed by atoms with van der Waals surface area (Å²) in [5, 5.41) is 8.86. The number of nitrogens with zero attached hydrogens (tertiary/aromatic N) is 1. The van der Waals surface area contributed by atoms with E-state index in [1.165, 1.54) is 0 Å². The lowest BCUT2D eigenvalue weighted by molar-refractivity contribution is -0.151. The second-order valence-corrected chi connectivity index (χ2v) is 5.66. The van der Waals surface area contributed by atoms with Crippen molar-refractivity contribution in [1.29, 1.82) is 0 Å². The van der Waals surface area contributed by atoms with Crippen molar-refractivity contribution < 1.29 is 24.2 Å². The van der Waals surface area contributed by atoms with Gasteiger partial charge in [-0.25, -0.2) is 0 Å². The molecule has 2 unspecified atom stereocenters. The second-order valence-electron chi connectivity index (χ2n) is 5.66. The minimum atomic E-state index is -0.924. The van der Waals surface area contributed by atoms with Gasteiger partial charge < -0.3 is 19.5 Å². The normalized spacial score (nSPS) is 19.2. The predicted molar refractivity (Wildman–Crippen MR) is 84.5 cm³/mol. The quantitative estimate of drug-likeness (QED) is 0.865. The monoisotopic (exact) mass is 321 g/mol. The number of morpholine rings is 1. The molecule has 0 aromatic heterocycles. The van der Waals surface area contributed by atoms with E-state index in [2.05, 4.69) is 0 Å². The molecule has 0 spiro atoms. The Morgan fingerprint density at radius 2 is 2.17 bits per heavy atom. The van der Waals surface area contributed by atoms with E-state index in [9.17, 15) is 9.59 Å². The molecule has 1 aliphatic rings. The van der Waals surface area contributed by atoms with Gasteiger partial charge in [0.1, 0.15) is 5.75 Å². The zero-order valence-corrected chi connectivity index (χ0v) is 13.5. The molecule has 6 heteroatoms. The van der Waals surface area contributed by atoms with Gasteiger partial charge in [0.2, 0.25) is 0 Å². The van der Waals surface area contributed by atoms with Crippen LogP contribution in [-0.4, -0.2) is 53.8 Å². The van der Waals surface area contributed by atoms with Crippen LogP contribution >= 0.6 is 0 Å². The Labute approximate surface area is 136 Å². The van der Waals surface area contributed by atoms with Crippen molar-refractivity contribution in [2.75, 3.05) is 19.7 Å². The third-order valence-electron chi connectivity index (χ3n) is 3.86. The molecule has 1 aromatic carbocycles. The van der Waals surface area contributed by atoms with Gasteiger partial charge in [-0.15, -0.1) is 0 Å². The topological polar surface area (TPSA) is 76.1 Å². The lowest BCUT2D eigenvalue weighted by Gasteiger charge is -2.34. The van der Waals surface area contributed by atoms with Gasteiger partial charge in [0.05, 0.1) is 19.1 Å². The predicted octanol–water partition coefficient (Wildman–Crippen LogP) is 1.85. The van der Waals surface area contributed by atoms with E-state index < -0.39 is 18.2 Å². The number of carbonyl (C=O) groups is 2. The zero-order chi connectivity index (χ0) is 16.8. The minimum Gasteiger partial charge on any atom is -0.481 e. The van der Waals surface area contributed by atoms with Crippen molar-refractivity contribution >= 4 is 11.9 Å². The van der Waals surface area contributed by atoms with Crippen LogP contribution in [0.3, 0.4) is 0 Å². The minimum absolute atomic E-state index is 0.0980. The summed E-state index contributed by atoms with van der Waals surface area (Å²) in [6.45, 7) is 4.94. The van der Waals surface area contributed by atoms with Crippen molar-refractivity contribution in [3.05, 3.63) is 29.8 Å². The summed E-state index contributed by atoms with van der Waals surface area (Å²) in [7, 11) is 0. The van der Waals surface area contributed by atoms with Crippen LogP contribution in [0.2, 0.25) is 0 Å². The zero-order valence-electron chi connectivity index (χ0n) is 13.5. The van der Waals surface area contributed by atoms with Gasteiger partial charge in [0.25, 0.3) is 5.91 Å². The van der Waals surface area contributed by atoms with Crippen molar-refractivity contribution in [3.8, 4) is 5.75 Å². The van der Waals surface area contributed by atoms with E-state index in [0.29, 0.717) is 31.9 Å². The average Bonchev–Trinajstić information content (AvgIpc) is 2.53. The maximum Gasteiger partial charge on any atom is 0.306 e. The number of benzene rings is 1. The number of ether oxygens (including phenoxy) is 2. The van der Waals surface area contributed by atoms with E-state index in [0.717, 1.165) is 5.56 Å². The first-order valence-corrected chi connectivity index (χ1v) is 7.85. The number of carboxylic acid groups (broad SMARTS) is 1. The van der Waals surface area contributed by atoms with Gasteiger partial charge in [-0.3, -0.25) is 9.59 Å². The van der Waals surface area contributed by atoms with Gasteiger partial charge in [-0.2, -0.15) is 0 Å². The number of aryl methyl sites for hydroxylation is 1. The van der Waals surface area contributed by atoms with Crippen LogP contribution in [0.25, 0.3) is 0 Å². The van der Waals surface area contributed by atoms with Gasteiger partial charge in [-0.05, 0) is 25.0 Å². The summed E-state index contributed by atoms with van der Waals surface area (Å²) in [4.78, 5) is 25.1. The van der Waals surface area contributed by atoms with Crippen molar-refractivity contribution in [3.63, 3.8) is 0 Å². The number of rotatable bonds is 6. The van der Waals surface area contributed by atoms with Gasteiger partial charge in [0.15, 0.2) is 6.10 Å². The number of hydrogen-bond donors (Lipinski definition) is 1. The third-order valence-corrected chi connectivity index (χ3v) is 3.86. The van der Waals surface area contributed by atoms with Crippen LogP contribution in [0.15, 0.2) is 24.3 Å². The fourth-order valence-electron chi connectivity index (χ4n) is 2.59.